The third kappa shape index (κ3) is 5.77. The topological polar surface area (TPSA) is 75.4 Å². The molecule has 0 fully saturated rings. The normalized spacial score (nSPS) is 17.4. The van der Waals surface area contributed by atoms with Gasteiger partial charge in [-0.2, -0.15) is 0 Å². The molecule has 3 N–H and O–H groups in total. The second-order valence-electron chi connectivity index (χ2n) is 5.37. The summed E-state index contributed by atoms with van der Waals surface area (Å²) in [4.78, 5) is 2.39. The molecule has 0 aliphatic rings. The summed E-state index contributed by atoms with van der Waals surface area (Å²) in [6.07, 6.45) is 3.67. The number of nitrogens with zero attached hydrogens (tertiary/aromatic N) is 1. The molecule has 0 aliphatic carbocycles. The fraction of sp³-hybridized carbons (Fsp3) is 1.00. The Morgan fingerprint density at radius 2 is 1.79 bits per heavy atom. The van der Waals surface area contributed by atoms with Crippen LogP contribution in [0.25, 0.3) is 0 Å². The summed E-state index contributed by atoms with van der Waals surface area (Å²) >= 11 is 0. The Hall–Kier alpha value is -0.170. The van der Waals surface area contributed by atoms with Gasteiger partial charge in [0.2, 0.25) is 0 Å². The van der Waals surface area contributed by atoms with Gasteiger partial charge in [0.15, 0.2) is 0 Å². The highest BCUT2D eigenvalue weighted by Gasteiger charge is 2.36. The van der Waals surface area contributed by atoms with Gasteiger partial charge in [0.1, 0.15) is 9.84 Å². The van der Waals surface area contributed by atoms with E-state index in [1.165, 1.54) is 6.26 Å². The van der Waals surface area contributed by atoms with Crippen LogP contribution in [0.15, 0.2) is 0 Å². The van der Waals surface area contributed by atoms with E-state index in [1.54, 1.807) is 0 Å². The Bertz CT molecular complexity index is 342. The zero-order valence-electron chi connectivity index (χ0n) is 13.1. The van der Waals surface area contributed by atoms with Crippen LogP contribution < -0.4 is 11.3 Å². The van der Waals surface area contributed by atoms with Gasteiger partial charge >= 0.3 is 0 Å². The molecule has 19 heavy (non-hydrogen) atoms. The van der Waals surface area contributed by atoms with Crippen LogP contribution in [0.2, 0.25) is 0 Å². The number of hydrogen-bond donors (Lipinski definition) is 2. The molecule has 0 saturated heterocycles. The molecule has 0 spiro atoms. The molecule has 0 bridgehead atoms. The van der Waals surface area contributed by atoms with Crippen molar-refractivity contribution in [3.05, 3.63) is 0 Å². The van der Waals surface area contributed by atoms with Crippen LogP contribution >= 0.6 is 0 Å². The van der Waals surface area contributed by atoms with Gasteiger partial charge in [0.25, 0.3) is 0 Å². The second-order valence-corrected chi connectivity index (χ2v) is 7.63. The fourth-order valence-corrected chi connectivity index (χ4v) is 3.45. The Labute approximate surface area is 118 Å². The maximum absolute atomic E-state index is 11.2. The van der Waals surface area contributed by atoms with E-state index < -0.39 is 9.84 Å². The monoisotopic (exact) mass is 293 g/mol. The fourth-order valence-electron chi connectivity index (χ4n) is 2.76. The lowest BCUT2D eigenvalue weighted by Crippen LogP contribution is -2.60. The molecule has 0 saturated carbocycles. The largest absolute Gasteiger partial charge is 0.297 e. The van der Waals surface area contributed by atoms with E-state index >= 15 is 0 Å². The number of sulfone groups is 1. The van der Waals surface area contributed by atoms with Gasteiger partial charge in [0.05, 0.1) is 0 Å². The number of hydrazine groups is 1. The molecule has 2 unspecified atom stereocenters. The molecular formula is C13H31N3O2S. The molecule has 0 aromatic rings. The lowest BCUT2D eigenvalue weighted by molar-refractivity contribution is 0.0665. The van der Waals surface area contributed by atoms with Crippen molar-refractivity contribution in [1.29, 1.82) is 0 Å². The molecule has 0 aromatic carbocycles. The molecule has 0 aliphatic heterocycles. The van der Waals surface area contributed by atoms with Gasteiger partial charge in [-0.15, -0.1) is 0 Å². The maximum atomic E-state index is 11.2. The lowest BCUT2D eigenvalue weighted by Gasteiger charge is -2.45. The van der Waals surface area contributed by atoms with E-state index in [-0.39, 0.29) is 17.3 Å². The number of likely N-dealkylation sites (N-methyl/N-ethyl adjacent to an activating group) is 1. The predicted octanol–water partition coefficient (Wildman–Crippen LogP) is 1.15. The van der Waals surface area contributed by atoms with E-state index in [4.69, 9.17) is 5.84 Å². The van der Waals surface area contributed by atoms with Gasteiger partial charge in [-0.05, 0) is 39.3 Å². The molecule has 0 heterocycles. The molecule has 6 heteroatoms. The maximum Gasteiger partial charge on any atom is 0.147 e. The highest BCUT2D eigenvalue weighted by molar-refractivity contribution is 7.90. The molecular weight excluding hydrogens is 262 g/mol. The summed E-state index contributed by atoms with van der Waals surface area (Å²) in [6.45, 7) is 10.6. The Kier molecular flexibility index (Phi) is 8.12. The number of nitrogens with one attached hydrogen (secondary N) is 1. The summed E-state index contributed by atoms with van der Waals surface area (Å²) in [5, 5.41) is 0. The van der Waals surface area contributed by atoms with E-state index in [2.05, 4.69) is 38.0 Å². The molecule has 5 nitrogen and oxygen atoms in total. The smallest absolute Gasteiger partial charge is 0.147 e. The average Bonchev–Trinajstić information content (AvgIpc) is 2.34. The summed E-state index contributed by atoms with van der Waals surface area (Å²) < 4.78 is 22.4. The summed E-state index contributed by atoms with van der Waals surface area (Å²) in [6, 6.07) is 0.0964. The second kappa shape index (κ2) is 8.19. The van der Waals surface area contributed by atoms with Crippen LogP contribution in [0.1, 0.15) is 47.0 Å². The van der Waals surface area contributed by atoms with Crippen LogP contribution in [-0.4, -0.2) is 50.0 Å². The standard InChI is InChI=1S/C13H31N3O2S/c1-6-13(4,16(7-2)8-3)12(15-14)10-9-11-19(5,17)18/h12,15H,6-11,14H2,1-5H3. The minimum atomic E-state index is -2.89. The van der Waals surface area contributed by atoms with Gasteiger partial charge in [-0.3, -0.25) is 16.2 Å². The van der Waals surface area contributed by atoms with Gasteiger partial charge in [-0.1, -0.05) is 20.8 Å². The van der Waals surface area contributed by atoms with Crippen molar-refractivity contribution in [3.63, 3.8) is 0 Å². The first-order valence-electron chi connectivity index (χ1n) is 7.14. The highest BCUT2D eigenvalue weighted by atomic mass is 32.2. The van der Waals surface area contributed by atoms with Crippen LogP contribution in [0.5, 0.6) is 0 Å². The third-order valence-corrected chi connectivity index (χ3v) is 5.19. The Balaban J connectivity index is 4.78. The van der Waals surface area contributed by atoms with Gasteiger partial charge < -0.3 is 0 Å². The van der Waals surface area contributed by atoms with E-state index in [0.29, 0.717) is 6.42 Å². The number of nitrogens with two attached hydrogens (primary N) is 1. The number of hydrogen-bond acceptors (Lipinski definition) is 5. The van der Waals surface area contributed by atoms with Crippen LogP contribution in [0.3, 0.4) is 0 Å². The number of rotatable bonds is 10. The van der Waals surface area contributed by atoms with Crippen molar-refractivity contribution < 1.29 is 8.42 Å². The van der Waals surface area contributed by atoms with Crippen LogP contribution in [-0.2, 0) is 9.84 Å². The Morgan fingerprint density at radius 1 is 1.26 bits per heavy atom. The predicted molar refractivity (Wildman–Crippen MR) is 81.7 cm³/mol. The zero-order valence-corrected chi connectivity index (χ0v) is 13.9. The van der Waals surface area contributed by atoms with E-state index in [1.807, 2.05) is 0 Å². The van der Waals surface area contributed by atoms with Crippen molar-refractivity contribution in [2.45, 2.75) is 58.5 Å². The third-order valence-electron chi connectivity index (χ3n) is 4.16. The SMILES string of the molecule is CCN(CC)C(C)(CC)C(CCCS(C)(=O)=O)NN. The van der Waals surface area contributed by atoms with Gasteiger partial charge in [0, 0.05) is 23.6 Å². The molecule has 2 atom stereocenters. The first kappa shape index (κ1) is 18.8. The lowest BCUT2D eigenvalue weighted by atomic mass is 9.85. The van der Waals surface area contributed by atoms with Crippen LogP contribution in [0.4, 0.5) is 0 Å². The van der Waals surface area contributed by atoms with E-state index in [0.717, 1.165) is 25.9 Å². The highest BCUT2D eigenvalue weighted by Crippen LogP contribution is 2.26. The quantitative estimate of drug-likeness (QED) is 0.467. The van der Waals surface area contributed by atoms with Crippen LogP contribution in [0, 0.1) is 0 Å². The van der Waals surface area contributed by atoms with Gasteiger partial charge in [-0.25, -0.2) is 8.42 Å². The molecule has 0 radical (unpaired) electrons. The summed E-state index contributed by atoms with van der Waals surface area (Å²) in [5.41, 5.74) is 2.85. The first-order valence-corrected chi connectivity index (χ1v) is 9.20. The summed E-state index contributed by atoms with van der Waals surface area (Å²) in [5.74, 6) is 5.93. The average molecular weight is 293 g/mol. The van der Waals surface area contributed by atoms with E-state index in [9.17, 15) is 8.42 Å². The van der Waals surface area contributed by atoms with Crippen molar-refractivity contribution >= 4 is 9.84 Å². The summed E-state index contributed by atoms with van der Waals surface area (Å²) in [7, 11) is -2.89. The Morgan fingerprint density at radius 3 is 2.11 bits per heavy atom. The van der Waals surface area contributed by atoms with Crippen molar-refractivity contribution in [3.8, 4) is 0 Å². The van der Waals surface area contributed by atoms with Crippen molar-refractivity contribution in [2.24, 2.45) is 5.84 Å². The molecule has 0 amide bonds. The molecule has 0 rings (SSSR count). The minimum absolute atomic E-state index is 0.0459. The molecule has 0 aromatic heterocycles. The minimum Gasteiger partial charge on any atom is -0.297 e. The zero-order chi connectivity index (χ0) is 15.1. The van der Waals surface area contributed by atoms with Crippen molar-refractivity contribution in [1.82, 2.24) is 10.3 Å². The van der Waals surface area contributed by atoms with Crippen molar-refractivity contribution in [2.75, 3.05) is 25.1 Å². The molecule has 116 valence electrons. The first-order chi connectivity index (χ1) is 8.75.